The van der Waals surface area contributed by atoms with Gasteiger partial charge in [-0.3, -0.25) is 19.3 Å². The number of esters is 1. The molecule has 2 amide bonds. The highest BCUT2D eigenvalue weighted by molar-refractivity contribution is 6.30. The molecular weight excluding hydrogens is 380 g/mol. The van der Waals surface area contributed by atoms with Crippen molar-refractivity contribution >= 4 is 40.3 Å². The molecule has 2 aromatic rings. The number of pyridine rings is 1. The summed E-state index contributed by atoms with van der Waals surface area (Å²) in [5.41, 5.74) is 2.44. The largest absolute Gasteiger partial charge is 0.459 e. The number of carbonyl (C=O) groups is 3. The van der Waals surface area contributed by atoms with Gasteiger partial charge >= 0.3 is 5.97 Å². The van der Waals surface area contributed by atoms with Crippen LogP contribution in [0.15, 0.2) is 24.3 Å². The summed E-state index contributed by atoms with van der Waals surface area (Å²) in [6.07, 6.45) is 3.34. The first-order chi connectivity index (χ1) is 13.4. The highest BCUT2D eigenvalue weighted by Gasteiger charge is 2.48. The lowest BCUT2D eigenvalue weighted by atomic mass is 9.81. The number of aromatic nitrogens is 1. The molecule has 0 spiro atoms. The van der Waals surface area contributed by atoms with Gasteiger partial charge in [-0.25, -0.2) is 4.98 Å². The molecule has 1 aromatic heterocycles. The monoisotopic (exact) mass is 400 g/mol. The van der Waals surface area contributed by atoms with E-state index in [0.29, 0.717) is 5.56 Å². The van der Waals surface area contributed by atoms with Crippen molar-refractivity contribution in [2.75, 3.05) is 6.54 Å². The second-order valence-electron chi connectivity index (χ2n) is 7.56. The van der Waals surface area contributed by atoms with Crippen LogP contribution in [0.5, 0.6) is 0 Å². The molecule has 2 aliphatic rings. The molecule has 0 bridgehead atoms. The summed E-state index contributed by atoms with van der Waals surface area (Å²) in [7, 11) is 0. The number of ether oxygens (including phenoxy) is 1. The number of rotatable bonds is 4. The first-order valence-corrected chi connectivity index (χ1v) is 9.88. The average molecular weight is 401 g/mol. The van der Waals surface area contributed by atoms with Crippen molar-refractivity contribution in [1.82, 2.24) is 9.88 Å². The number of hydrogen-bond acceptors (Lipinski definition) is 5. The standard InChI is InChI=1S/C21H21ClN2O4/c1-12-6-7-13-9-14(19(22)23-17(13)8-12)11-28-18(25)10-24-20(26)15-4-2-3-5-16(15)21(24)27/h6-9,15-16H,2-5,10-11H2,1H3. The minimum atomic E-state index is -0.625. The Morgan fingerprint density at radius 3 is 2.54 bits per heavy atom. The molecule has 0 radical (unpaired) electrons. The van der Waals surface area contributed by atoms with Gasteiger partial charge in [-0.05, 0) is 37.5 Å². The quantitative estimate of drug-likeness (QED) is 0.446. The van der Waals surface area contributed by atoms with Gasteiger partial charge < -0.3 is 4.74 Å². The van der Waals surface area contributed by atoms with Gasteiger partial charge in [0, 0.05) is 10.9 Å². The summed E-state index contributed by atoms with van der Waals surface area (Å²) >= 11 is 6.22. The summed E-state index contributed by atoms with van der Waals surface area (Å²) in [5, 5.41) is 1.17. The van der Waals surface area contributed by atoms with Crippen molar-refractivity contribution in [3.8, 4) is 0 Å². The molecule has 0 N–H and O–H groups in total. The lowest BCUT2D eigenvalue weighted by Gasteiger charge is -2.19. The number of imide groups is 1. The SMILES string of the molecule is Cc1ccc2cc(COC(=O)CN3C(=O)C4CCCCC4C3=O)c(Cl)nc2c1. The normalized spacial score (nSPS) is 21.9. The van der Waals surface area contributed by atoms with E-state index < -0.39 is 5.97 Å². The molecule has 2 heterocycles. The van der Waals surface area contributed by atoms with Gasteiger partial charge in [-0.15, -0.1) is 0 Å². The molecule has 7 heteroatoms. The lowest BCUT2D eigenvalue weighted by Crippen LogP contribution is -2.36. The summed E-state index contributed by atoms with van der Waals surface area (Å²) in [6, 6.07) is 7.67. The Bertz CT molecular complexity index is 950. The van der Waals surface area contributed by atoms with Gasteiger partial charge in [0.25, 0.3) is 0 Å². The fourth-order valence-corrected chi connectivity index (χ4v) is 4.32. The molecule has 1 aliphatic heterocycles. The molecule has 6 nitrogen and oxygen atoms in total. The number of fused-ring (bicyclic) bond motifs is 2. The van der Waals surface area contributed by atoms with Crippen LogP contribution >= 0.6 is 11.6 Å². The molecule has 2 fully saturated rings. The van der Waals surface area contributed by atoms with Crippen molar-refractivity contribution in [2.45, 2.75) is 39.2 Å². The van der Waals surface area contributed by atoms with E-state index in [4.69, 9.17) is 16.3 Å². The van der Waals surface area contributed by atoms with Crippen LogP contribution in [0.3, 0.4) is 0 Å². The van der Waals surface area contributed by atoms with Crippen molar-refractivity contribution in [3.05, 3.63) is 40.5 Å². The second-order valence-corrected chi connectivity index (χ2v) is 7.91. The van der Waals surface area contributed by atoms with Crippen LogP contribution in [0.1, 0.15) is 36.8 Å². The molecule has 146 valence electrons. The Hall–Kier alpha value is -2.47. The van der Waals surface area contributed by atoms with Gasteiger partial charge in [-0.1, -0.05) is 36.6 Å². The molecule has 2 atom stereocenters. The molecule has 1 saturated heterocycles. The van der Waals surface area contributed by atoms with Gasteiger partial charge in [0.15, 0.2) is 0 Å². The van der Waals surface area contributed by atoms with E-state index >= 15 is 0 Å². The molecule has 28 heavy (non-hydrogen) atoms. The van der Waals surface area contributed by atoms with E-state index in [9.17, 15) is 14.4 Å². The third-order valence-electron chi connectivity index (χ3n) is 5.61. The van der Waals surface area contributed by atoms with E-state index in [0.717, 1.165) is 47.0 Å². The summed E-state index contributed by atoms with van der Waals surface area (Å²) in [6.45, 7) is 1.57. The average Bonchev–Trinajstić information content (AvgIpc) is 2.91. The number of hydrogen-bond donors (Lipinski definition) is 0. The van der Waals surface area contributed by atoms with Gasteiger partial charge in [0.1, 0.15) is 18.3 Å². The molecule has 2 unspecified atom stereocenters. The van der Waals surface area contributed by atoms with Crippen LogP contribution in [0.2, 0.25) is 5.15 Å². The fraction of sp³-hybridized carbons (Fsp3) is 0.429. The van der Waals surface area contributed by atoms with E-state index in [1.165, 1.54) is 0 Å². The van der Waals surface area contributed by atoms with Crippen molar-refractivity contribution in [3.63, 3.8) is 0 Å². The third kappa shape index (κ3) is 3.49. The number of amides is 2. The Balaban J connectivity index is 1.41. The summed E-state index contributed by atoms with van der Waals surface area (Å²) < 4.78 is 5.28. The zero-order valence-electron chi connectivity index (χ0n) is 15.6. The van der Waals surface area contributed by atoms with E-state index in [1.807, 2.05) is 31.2 Å². The van der Waals surface area contributed by atoms with Crippen LogP contribution in [-0.4, -0.2) is 34.2 Å². The fourth-order valence-electron chi connectivity index (χ4n) is 4.12. The Morgan fingerprint density at radius 1 is 1.18 bits per heavy atom. The first-order valence-electron chi connectivity index (χ1n) is 9.50. The highest BCUT2D eigenvalue weighted by Crippen LogP contribution is 2.37. The maximum atomic E-state index is 12.5. The van der Waals surface area contributed by atoms with Gasteiger partial charge in [-0.2, -0.15) is 0 Å². The van der Waals surface area contributed by atoms with Crippen molar-refractivity contribution in [2.24, 2.45) is 11.8 Å². The van der Waals surface area contributed by atoms with Crippen molar-refractivity contribution in [1.29, 1.82) is 0 Å². The number of benzene rings is 1. The molecule has 1 saturated carbocycles. The minimum Gasteiger partial charge on any atom is -0.459 e. The summed E-state index contributed by atoms with van der Waals surface area (Å²) in [4.78, 5) is 42.6. The van der Waals surface area contributed by atoms with Gasteiger partial charge in [0.05, 0.1) is 17.4 Å². The zero-order chi connectivity index (χ0) is 19.8. The maximum absolute atomic E-state index is 12.5. The number of halogens is 1. The second kappa shape index (κ2) is 7.51. The molecule has 1 aromatic carbocycles. The van der Waals surface area contributed by atoms with Crippen LogP contribution in [-0.2, 0) is 25.7 Å². The number of carbonyl (C=O) groups excluding carboxylic acids is 3. The van der Waals surface area contributed by atoms with Crippen molar-refractivity contribution < 1.29 is 19.1 Å². The minimum absolute atomic E-state index is 0.0580. The van der Waals surface area contributed by atoms with Crippen LogP contribution < -0.4 is 0 Å². The Kier molecular flexibility index (Phi) is 5.06. The first kappa shape index (κ1) is 18.9. The lowest BCUT2D eigenvalue weighted by molar-refractivity contribution is -0.153. The van der Waals surface area contributed by atoms with E-state index in [-0.39, 0.29) is 42.0 Å². The van der Waals surface area contributed by atoms with Crippen LogP contribution in [0.4, 0.5) is 0 Å². The number of aryl methyl sites for hydroxylation is 1. The van der Waals surface area contributed by atoms with Crippen LogP contribution in [0, 0.1) is 18.8 Å². The zero-order valence-corrected chi connectivity index (χ0v) is 16.4. The molecular formula is C21H21ClN2O4. The topological polar surface area (TPSA) is 76.6 Å². The van der Waals surface area contributed by atoms with Gasteiger partial charge in [0.2, 0.25) is 11.8 Å². The van der Waals surface area contributed by atoms with E-state index in [1.54, 1.807) is 0 Å². The number of likely N-dealkylation sites (tertiary alicyclic amines) is 1. The maximum Gasteiger partial charge on any atom is 0.326 e. The predicted molar refractivity (Wildman–Crippen MR) is 103 cm³/mol. The predicted octanol–water partition coefficient (Wildman–Crippen LogP) is 3.42. The molecule has 4 rings (SSSR count). The van der Waals surface area contributed by atoms with Crippen LogP contribution in [0.25, 0.3) is 10.9 Å². The third-order valence-corrected chi connectivity index (χ3v) is 5.93. The Morgan fingerprint density at radius 2 is 1.86 bits per heavy atom. The summed E-state index contributed by atoms with van der Waals surface area (Å²) in [5.74, 6) is -1.64. The molecule has 1 aliphatic carbocycles. The number of nitrogens with zero attached hydrogens (tertiary/aromatic N) is 2. The highest BCUT2D eigenvalue weighted by atomic mass is 35.5. The Labute approximate surface area is 167 Å². The van der Waals surface area contributed by atoms with E-state index in [2.05, 4.69) is 4.98 Å². The smallest absolute Gasteiger partial charge is 0.326 e.